The van der Waals surface area contributed by atoms with Gasteiger partial charge >= 0.3 is 5.97 Å². The largest absolute Gasteiger partial charge is 0.480 e. The van der Waals surface area contributed by atoms with E-state index in [1.807, 2.05) is 4.90 Å². The molecule has 0 aliphatic carbocycles. The van der Waals surface area contributed by atoms with Crippen LogP contribution in [-0.4, -0.2) is 60.1 Å². The zero-order valence-corrected chi connectivity index (χ0v) is 8.85. The molecule has 0 atom stereocenters. The molecule has 1 rings (SSSR count). The first-order valence-corrected chi connectivity index (χ1v) is 5.26. The molecule has 0 amide bonds. The molecule has 15 heavy (non-hydrogen) atoms. The number of aliphatic carboxylic acids is 1. The highest BCUT2D eigenvalue weighted by atomic mass is 16.4. The molecule has 0 unspecified atom stereocenters. The van der Waals surface area contributed by atoms with Crippen molar-refractivity contribution in [2.24, 2.45) is 0 Å². The zero-order chi connectivity index (χ0) is 11.1. The number of rotatable bonds is 4. The lowest BCUT2D eigenvalue weighted by Crippen LogP contribution is -2.34. The highest BCUT2D eigenvalue weighted by Crippen LogP contribution is 2.03. The van der Waals surface area contributed by atoms with Crippen LogP contribution in [-0.2, 0) is 4.79 Å². The molecule has 0 aromatic heterocycles. The highest BCUT2D eigenvalue weighted by Gasteiger charge is 2.15. The van der Waals surface area contributed by atoms with Crippen LogP contribution in [0.4, 0.5) is 0 Å². The van der Waals surface area contributed by atoms with E-state index in [2.05, 4.69) is 11.0 Å². The number of carbonyl (C=O) groups is 1. The van der Waals surface area contributed by atoms with Crippen LogP contribution in [0.3, 0.4) is 0 Å². The minimum Gasteiger partial charge on any atom is -0.480 e. The lowest BCUT2D eigenvalue weighted by atomic mass is 10.3. The van der Waals surface area contributed by atoms with Crippen molar-refractivity contribution in [2.45, 2.75) is 12.8 Å². The molecule has 1 aliphatic heterocycles. The van der Waals surface area contributed by atoms with Gasteiger partial charge in [-0.2, -0.15) is 5.26 Å². The average molecular weight is 211 g/mol. The average Bonchev–Trinajstić information content (AvgIpc) is 2.40. The van der Waals surface area contributed by atoms with Crippen molar-refractivity contribution in [1.29, 1.82) is 5.26 Å². The Hall–Kier alpha value is -1.12. The minimum atomic E-state index is -0.763. The molecule has 1 aliphatic rings. The molecule has 1 N–H and O–H groups in total. The Bertz CT molecular complexity index is 250. The summed E-state index contributed by atoms with van der Waals surface area (Å²) in [4.78, 5) is 14.7. The minimum absolute atomic E-state index is 0.131. The quantitative estimate of drug-likeness (QED) is 0.708. The van der Waals surface area contributed by atoms with Crippen LogP contribution in [0.5, 0.6) is 0 Å². The van der Waals surface area contributed by atoms with Gasteiger partial charge in [0, 0.05) is 32.6 Å². The molecule has 1 fully saturated rings. The highest BCUT2D eigenvalue weighted by molar-refractivity contribution is 5.69. The Morgan fingerprint density at radius 1 is 1.27 bits per heavy atom. The van der Waals surface area contributed by atoms with Crippen LogP contribution in [0.1, 0.15) is 12.8 Å². The number of hydrogen-bond donors (Lipinski definition) is 1. The zero-order valence-electron chi connectivity index (χ0n) is 8.85. The Balaban J connectivity index is 2.29. The molecule has 84 valence electrons. The number of hydrogen-bond acceptors (Lipinski definition) is 4. The van der Waals surface area contributed by atoms with E-state index in [4.69, 9.17) is 10.4 Å². The van der Waals surface area contributed by atoms with E-state index in [1.165, 1.54) is 0 Å². The van der Waals surface area contributed by atoms with Gasteiger partial charge in [0.1, 0.15) is 0 Å². The summed E-state index contributed by atoms with van der Waals surface area (Å²) in [5, 5.41) is 17.1. The summed E-state index contributed by atoms with van der Waals surface area (Å²) in [5.41, 5.74) is 0. The van der Waals surface area contributed by atoms with Gasteiger partial charge in [-0.15, -0.1) is 0 Å². The second-order valence-corrected chi connectivity index (χ2v) is 3.77. The first-order chi connectivity index (χ1) is 7.22. The number of carboxylic acid groups (broad SMARTS) is 1. The van der Waals surface area contributed by atoms with Gasteiger partial charge in [-0.25, -0.2) is 0 Å². The van der Waals surface area contributed by atoms with Crippen LogP contribution < -0.4 is 0 Å². The van der Waals surface area contributed by atoms with Crippen molar-refractivity contribution >= 4 is 5.97 Å². The summed E-state index contributed by atoms with van der Waals surface area (Å²) < 4.78 is 0. The second kappa shape index (κ2) is 6.38. The molecular weight excluding hydrogens is 194 g/mol. The van der Waals surface area contributed by atoms with Crippen LogP contribution in [0.15, 0.2) is 0 Å². The fourth-order valence-electron chi connectivity index (χ4n) is 1.81. The number of carboxylic acids is 1. The van der Waals surface area contributed by atoms with Crippen LogP contribution in [0, 0.1) is 11.3 Å². The Morgan fingerprint density at radius 2 is 1.93 bits per heavy atom. The summed E-state index contributed by atoms with van der Waals surface area (Å²) in [7, 11) is 0. The SMILES string of the molecule is N#CCCN1CCCN(CC(=O)O)CC1. The van der Waals surface area contributed by atoms with Crippen molar-refractivity contribution in [3.05, 3.63) is 0 Å². The van der Waals surface area contributed by atoms with Crippen molar-refractivity contribution in [3.8, 4) is 6.07 Å². The number of nitriles is 1. The van der Waals surface area contributed by atoms with E-state index in [0.29, 0.717) is 6.42 Å². The molecular formula is C10H17N3O2. The summed E-state index contributed by atoms with van der Waals surface area (Å²) >= 11 is 0. The predicted octanol–water partition coefficient (Wildman–Crippen LogP) is -0.00762. The van der Waals surface area contributed by atoms with Gasteiger partial charge in [0.2, 0.25) is 0 Å². The molecule has 0 radical (unpaired) electrons. The van der Waals surface area contributed by atoms with E-state index < -0.39 is 5.97 Å². The maximum atomic E-state index is 10.5. The van der Waals surface area contributed by atoms with E-state index in [1.54, 1.807) is 0 Å². The standard InChI is InChI=1S/C10H17N3O2/c11-3-1-4-12-5-2-6-13(8-7-12)9-10(14)15/h1-2,4-9H2,(H,14,15). The van der Waals surface area contributed by atoms with E-state index in [-0.39, 0.29) is 6.54 Å². The summed E-state index contributed by atoms with van der Waals surface area (Å²) in [5.74, 6) is -0.763. The van der Waals surface area contributed by atoms with Crippen molar-refractivity contribution < 1.29 is 9.90 Å². The lowest BCUT2D eigenvalue weighted by Gasteiger charge is -2.19. The molecule has 1 saturated heterocycles. The summed E-state index contributed by atoms with van der Waals surface area (Å²) in [6, 6.07) is 2.13. The third-order valence-electron chi connectivity index (χ3n) is 2.58. The lowest BCUT2D eigenvalue weighted by molar-refractivity contribution is -0.138. The Morgan fingerprint density at radius 3 is 2.60 bits per heavy atom. The summed E-state index contributed by atoms with van der Waals surface area (Å²) in [6.45, 7) is 4.41. The van der Waals surface area contributed by atoms with Gasteiger partial charge in [0.05, 0.1) is 12.6 Å². The maximum absolute atomic E-state index is 10.5. The predicted molar refractivity (Wildman–Crippen MR) is 55.4 cm³/mol. The van der Waals surface area contributed by atoms with Gasteiger partial charge in [-0.05, 0) is 13.0 Å². The first-order valence-electron chi connectivity index (χ1n) is 5.26. The third-order valence-corrected chi connectivity index (χ3v) is 2.58. The van der Waals surface area contributed by atoms with Crippen LogP contribution >= 0.6 is 0 Å². The van der Waals surface area contributed by atoms with Gasteiger partial charge < -0.3 is 10.0 Å². The monoisotopic (exact) mass is 211 g/mol. The van der Waals surface area contributed by atoms with Crippen molar-refractivity contribution in [3.63, 3.8) is 0 Å². The smallest absolute Gasteiger partial charge is 0.317 e. The number of nitrogens with zero attached hydrogens (tertiary/aromatic N) is 3. The van der Waals surface area contributed by atoms with E-state index in [0.717, 1.165) is 39.1 Å². The van der Waals surface area contributed by atoms with Gasteiger partial charge in [-0.3, -0.25) is 9.69 Å². The fourth-order valence-corrected chi connectivity index (χ4v) is 1.81. The van der Waals surface area contributed by atoms with Crippen molar-refractivity contribution in [1.82, 2.24) is 9.80 Å². The van der Waals surface area contributed by atoms with Crippen LogP contribution in [0.25, 0.3) is 0 Å². The van der Waals surface area contributed by atoms with Crippen molar-refractivity contribution in [2.75, 3.05) is 39.3 Å². The molecule has 0 aromatic carbocycles. The van der Waals surface area contributed by atoms with Crippen LogP contribution in [0.2, 0.25) is 0 Å². The molecule has 5 heteroatoms. The molecule has 0 aromatic rings. The molecule has 0 saturated carbocycles. The Labute approximate surface area is 89.9 Å². The molecule has 0 spiro atoms. The normalized spacial score (nSPS) is 19.4. The Kier molecular flexibility index (Phi) is 5.08. The van der Waals surface area contributed by atoms with Gasteiger partial charge in [-0.1, -0.05) is 0 Å². The third kappa shape index (κ3) is 4.77. The topological polar surface area (TPSA) is 67.6 Å². The molecule has 0 bridgehead atoms. The first kappa shape index (κ1) is 12.0. The maximum Gasteiger partial charge on any atom is 0.317 e. The fraction of sp³-hybridized carbons (Fsp3) is 0.800. The second-order valence-electron chi connectivity index (χ2n) is 3.77. The molecule has 1 heterocycles. The molecule has 5 nitrogen and oxygen atoms in total. The van der Waals surface area contributed by atoms with E-state index >= 15 is 0 Å². The van der Waals surface area contributed by atoms with E-state index in [9.17, 15) is 4.79 Å². The van der Waals surface area contributed by atoms with Gasteiger partial charge in [0.15, 0.2) is 0 Å². The van der Waals surface area contributed by atoms with Gasteiger partial charge in [0.25, 0.3) is 0 Å². The summed E-state index contributed by atoms with van der Waals surface area (Å²) in [6.07, 6.45) is 1.54.